The molecule has 3 N–H and O–H groups in total. The fourth-order valence-electron chi connectivity index (χ4n) is 2.45. The Hall–Kier alpha value is -1.88. The molecule has 1 aromatic rings. The van der Waals surface area contributed by atoms with Gasteiger partial charge in [0, 0.05) is 24.6 Å². The Morgan fingerprint density at radius 3 is 2.43 bits per heavy atom. The Labute approximate surface area is 125 Å². The van der Waals surface area contributed by atoms with Gasteiger partial charge in [-0.05, 0) is 50.6 Å². The average Bonchev–Trinajstić information content (AvgIpc) is 2.54. The first kappa shape index (κ1) is 15.5. The minimum absolute atomic E-state index is 0.0669. The van der Waals surface area contributed by atoms with Gasteiger partial charge >= 0.3 is 0 Å². The molecule has 5 heteroatoms. The lowest BCUT2D eigenvalue weighted by Crippen LogP contribution is -2.37. The number of rotatable bonds is 5. The molecule has 0 aliphatic carbocycles. The molecular weight excluding hydrogens is 266 g/mol. The molecule has 1 aliphatic heterocycles. The number of nitrogens with one attached hydrogen (secondary N) is 3. The normalized spacial score (nSPS) is 15.5. The molecule has 1 aliphatic rings. The first-order valence-electron chi connectivity index (χ1n) is 7.56. The van der Waals surface area contributed by atoms with Gasteiger partial charge in [-0.3, -0.25) is 9.59 Å². The molecule has 2 amide bonds. The highest BCUT2D eigenvalue weighted by molar-refractivity contribution is 5.94. The Bertz CT molecular complexity index is 479. The molecule has 1 aromatic carbocycles. The van der Waals surface area contributed by atoms with Crippen molar-refractivity contribution in [1.29, 1.82) is 0 Å². The van der Waals surface area contributed by atoms with E-state index < -0.39 is 0 Å². The summed E-state index contributed by atoms with van der Waals surface area (Å²) in [5, 5.41) is 8.99. The number of carbonyl (C=O) groups is 2. The standard InChI is InChI=1S/C16H23N3O2/c1-2-18-15(20)13-5-3-12(4-6-13)11-19-16(21)14-7-9-17-10-8-14/h3-6,14,17H,2,7-11H2,1H3,(H,18,20)(H,19,21). The second kappa shape index (κ2) is 7.78. The molecule has 0 atom stereocenters. The Kier molecular flexibility index (Phi) is 5.75. The maximum absolute atomic E-state index is 12.0. The molecule has 0 unspecified atom stereocenters. The van der Waals surface area contributed by atoms with Gasteiger partial charge in [0.25, 0.3) is 5.91 Å². The van der Waals surface area contributed by atoms with Gasteiger partial charge in [-0.2, -0.15) is 0 Å². The van der Waals surface area contributed by atoms with Crippen LogP contribution in [0, 0.1) is 5.92 Å². The maximum atomic E-state index is 12.0. The van der Waals surface area contributed by atoms with Crippen molar-refractivity contribution in [2.75, 3.05) is 19.6 Å². The third kappa shape index (κ3) is 4.56. The van der Waals surface area contributed by atoms with E-state index in [1.54, 1.807) is 12.1 Å². The molecule has 0 spiro atoms. The van der Waals surface area contributed by atoms with Crippen molar-refractivity contribution >= 4 is 11.8 Å². The van der Waals surface area contributed by atoms with Crippen LogP contribution in [0.2, 0.25) is 0 Å². The lowest BCUT2D eigenvalue weighted by atomic mass is 9.97. The van der Waals surface area contributed by atoms with E-state index in [2.05, 4.69) is 16.0 Å². The van der Waals surface area contributed by atoms with Crippen LogP contribution in [-0.4, -0.2) is 31.4 Å². The average molecular weight is 289 g/mol. The molecule has 2 rings (SSSR count). The first-order valence-corrected chi connectivity index (χ1v) is 7.56. The third-order valence-electron chi connectivity index (χ3n) is 3.73. The zero-order chi connectivity index (χ0) is 15.1. The van der Waals surface area contributed by atoms with E-state index in [9.17, 15) is 9.59 Å². The van der Waals surface area contributed by atoms with Gasteiger partial charge in [0.15, 0.2) is 0 Å². The van der Waals surface area contributed by atoms with E-state index in [0.29, 0.717) is 18.7 Å². The van der Waals surface area contributed by atoms with E-state index in [-0.39, 0.29) is 17.7 Å². The highest BCUT2D eigenvalue weighted by Gasteiger charge is 2.20. The van der Waals surface area contributed by atoms with Crippen molar-refractivity contribution in [2.45, 2.75) is 26.3 Å². The number of hydrogen-bond donors (Lipinski definition) is 3. The molecule has 114 valence electrons. The topological polar surface area (TPSA) is 70.2 Å². The SMILES string of the molecule is CCNC(=O)c1ccc(CNC(=O)C2CCNCC2)cc1. The van der Waals surface area contributed by atoms with Crippen molar-refractivity contribution in [3.63, 3.8) is 0 Å². The van der Waals surface area contributed by atoms with Crippen molar-refractivity contribution in [2.24, 2.45) is 5.92 Å². The van der Waals surface area contributed by atoms with Crippen molar-refractivity contribution < 1.29 is 9.59 Å². The predicted octanol–water partition coefficient (Wildman–Crippen LogP) is 1.05. The van der Waals surface area contributed by atoms with Crippen LogP contribution in [0.1, 0.15) is 35.7 Å². The van der Waals surface area contributed by atoms with Crippen LogP contribution >= 0.6 is 0 Å². The zero-order valence-corrected chi connectivity index (χ0v) is 12.4. The molecule has 1 heterocycles. The summed E-state index contributed by atoms with van der Waals surface area (Å²) in [4.78, 5) is 23.7. The van der Waals surface area contributed by atoms with E-state index in [1.165, 1.54) is 0 Å². The van der Waals surface area contributed by atoms with Crippen LogP contribution in [0.4, 0.5) is 0 Å². The Balaban J connectivity index is 1.83. The minimum atomic E-state index is -0.0669. The van der Waals surface area contributed by atoms with Gasteiger partial charge in [-0.25, -0.2) is 0 Å². The minimum Gasteiger partial charge on any atom is -0.352 e. The summed E-state index contributed by atoms with van der Waals surface area (Å²) in [7, 11) is 0. The van der Waals surface area contributed by atoms with Crippen molar-refractivity contribution in [3.8, 4) is 0 Å². The van der Waals surface area contributed by atoms with Gasteiger partial charge in [-0.15, -0.1) is 0 Å². The summed E-state index contributed by atoms with van der Waals surface area (Å²) in [6.45, 7) is 4.85. The molecule has 1 fully saturated rings. The maximum Gasteiger partial charge on any atom is 0.251 e. The smallest absolute Gasteiger partial charge is 0.251 e. The highest BCUT2D eigenvalue weighted by Crippen LogP contribution is 2.12. The molecular formula is C16H23N3O2. The molecule has 0 aromatic heterocycles. The van der Waals surface area contributed by atoms with Gasteiger partial charge in [-0.1, -0.05) is 12.1 Å². The van der Waals surface area contributed by atoms with Crippen LogP contribution < -0.4 is 16.0 Å². The zero-order valence-electron chi connectivity index (χ0n) is 12.4. The largest absolute Gasteiger partial charge is 0.352 e. The van der Waals surface area contributed by atoms with E-state index in [1.807, 2.05) is 19.1 Å². The molecule has 21 heavy (non-hydrogen) atoms. The molecule has 0 radical (unpaired) electrons. The number of amides is 2. The number of benzene rings is 1. The lowest BCUT2D eigenvalue weighted by molar-refractivity contribution is -0.125. The second-order valence-corrected chi connectivity index (χ2v) is 5.30. The van der Waals surface area contributed by atoms with E-state index >= 15 is 0 Å². The molecule has 0 bridgehead atoms. The quantitative estimate of drug-likeness (QED) is 0.759. The first-order chi connectivity index (χ1) is 10.2. The number of piperidine rings is 1. The molecule has 1 saturated heterocycles. The van der Waals surface area contributed by atoms with Crippen LogP contribution in [0.3, 0.4) is 0 Å². The van der Waals surface area contributed by atoms with Crippen LogP contribution in [0.15, 0.2) is 24.3 Å². The van der Waals surface area contributed by atoms with E-state index in [0.717, 1.165) is 31.5 Å². The van der Waals surface area contributed by atoms with Crippen LogP contribution in [0.25, 0.3) is 0 Å². The van der Waals surface area contributed by atoms with Crippen molar-refractivity contribution in [3.05, 3.63) is 35.4 Å². The van der Waals surface area contributed by atoms with Gasteiger partial charge in [0.05, 0.1) is 0 Å². The Morgan fingerprint density at radius 1 is 1.14 bits per heavy atom. The monoisotopic (exact) mass is 289 g/mol. The summed E-state index contributed by atoms with van der Waals surface area (Å²) < 4.78 is 0. The molecule has 0 saturated carbocycles. The summed E-state index contributed by atoms with van der Waals surface area (Å²) >= 11 is 0. The van der Waals surface area contributed by atoms with Crippen LogP contribution in [-0.2, 0) is 11.3 Å². The predicted molar refractivity (Wildman–Crippen MR) is 81.9 cm³/mol. The fraction of sp³-hybridized carbons (Fsp3) is 0.500. The fourth-order valence-corrected chi connectivity index (χ4v) is 2.45. The highest BCUT2D eigenvalue weighted by atomic mass is 16.2. The number of carbonyl (C=O) groups excluding carboxylic acids is 2. The van der Waals surface area contributed by atoms with Gasteiger partial charge in [0.2, 0.25) is 5.91 Å². The summed E-state index contributed by atoms with van der Waals surface area (Å²) in [5.74, 6) is 0.188. The lowest BCUT2D eigenvalue weighted by Gasteiger charge is -2.21. The third-order valence-corrected chi connectivity index (χ3v) is 3.73. The summed E-state index contributed by atoms with van der Waals surface area (Å²) in [6, 6.07) is 7.34. The summed E-state index contributed by atoms with van der Waals surface area (Å²) in [6.07, 6.45) is 1.81. The summed E-state index contributed by atoms with van der Waals surface area (Å²) in [5.41, 5.74) is 1.65. The van der Waals surface area contributed by atoms with E-state index in [4.69, 9.17) is 0 Å². The number of hydrogen-bond acceptors (Lipinski definition) is 3. The van der Waals surface area contributed by atoms with Gasteiger partial charge < -0.3 is 16.0 Å². The van der Waals surface area contributed by atoms with Gasteiger partial charge in [0.1, 0.15) is 0 Å². The van der Waals surface area contributed by atoms with Crippen molar-refractivity contribution in [1.82, 2.24) is 16.0 Å². The van der Waals surface area contributed by atoms with Crippen LogP contribution in [0.5, 0.6) is 0 Å². The Morgan fingerprint density at radius 2 is 1.81 bits per heavy atom. The second-order valence-electron chi connectivity index (χ2n) is 5.30. The molecule has 5 nitrogen and oxygen atoms in total.